The molecule has 0 saturated heterocycles. The van der Waals surface area contributed by atoms with Crippen LogP contribution in [-0.4, -0.2) is 26.3 Å². The molecule has 3 nitrogen and oxygen atoms in total. The van der Waals surface area contributed by atoms with Crippen molar-refractivity contribution in [2.24, 2.45) is 5.73 Å². The number of hydrogen-bond donors (Lipinski definition) is 1. The maximum absolute atomic E-state index is 14.1. The summed E-state index contributed by atoms with van der Waals surface area (Å²) in [6.07, 6.45) is 0.793. The Balaban J connectivity index is 3.14. The molecule has 1 atom stereocenters. The van der Waals surface area contributed by atoms with E-state index < -0.39 is 11.6 Å². The molecule has 5 heteroatoms. The van der Waals surface area contributed by atoms with Crippen molar-refractivity contribution in [3.63, 3.8) is 0 Å². The summed E-state index contributed by atoms with van der Waals surface area (Å²) >= 11 is 0. The second kappa shape index (κ2) is 7.40. The van der Waals surface area contributed by atoms with E-state index in [4.69, 9.17) is 10.5 Å². The van der Waals surface area contributed by atoms with E-state index in [1.165, 1.54) is 12.1 Å². The van der Waals surface area contributed by atoms with Gasteiger partial charge in [0, 0.05) is 26.2 Å². The van der Waals surface area contributed by atoms with E-state index in [1.807, 2.05) is 13.8 Å². The lowest BCUT2D eigenvalue weighted by Crippen LogP contribution is -2.36. The second-order valence-electron chi connectivity index (χ2n) is 4.56. The lowest BCUT2D eigenvalue weighted by atomic mass is 10.1. The zero-order valence-corrected chi connectivity index (χ0v) is 11.7. The van der Waals surface area contributed by atoms with Crippen LogP contribution < -0.4 is 10.6 Å². The lowest BCUT2D eigenvalue weighted by Gasteiger charge is -2.31. The topological polar surface area (TPSA) is 38.5 Å². The first-order valence-corrected chi connectivity index (χ1v) is 6.48. The average molecular weight is 272 g/mol. The molecule has 108 valence electrons. The number of ether oxygens (including phenoxy) is 1. The second-order valence-corrected chi connectivity index (χ2v) is 4.56. The van der Waals surface area contributed by atoms with Crippen LogP contribution in [0.2, 0.25) is 0 Å². The number of nitrogens with zero attached hydrogens (tertiary/aromatic N) is 1. The fraction of sp³-hybridized carbons (Fsp3) is 0.571. The summed E-state index contributed by atoms with van der Waals surface area (Å²) in [5.74, 6) is -1.14. The van der Waals surface area contributed by atoms with Gasteiger partial charge in [-0.3, -0.25) is 0 Å². The third-order valence-corrected chi connectivity index (χ3v) is 3.26. The van der Waals surface area contributed by atoms with Crippen LogP contribution in [0.5, 0.6) is 0 Å². The Morgan fingerprint density at radius 1 is 1.32 bits per heavy atom. The molecule has 1 aromatic rings. The number of anilines is 1. The summed E-state index contributed by atoms with van der Waals surface area (Å²) in [5.41, 5.74) is 5.87. The molecule has 0 aliphatic carbocycles. The van der Waals surface area contributed by atoms with Gasteiger partial charge in [0.1, 0.15) is 17.3 Å². The zero-order valence-electron chi connectivity index (χ0n) is 11.7. The molecule has 0 saturated carbocycles. The van der Waals surface area contributed by atoms with Gasteiger partial charge in [0.15, 0.2) is 0 Å². The number of rotatable bonds is 7. The van der Waals surface area contributed by atoms with Gasteiger partial charge in [-0.15, -0.1) is 0 Å². The molecule has 0 amide bonds. The predicted octanol–water partition coefficient (Wildman–Crippen LogP) is 2.67. The smallest absolute Gasteiger partial charge is 0.149 e. The van der Waals surface area contributed by atoms with Gasteiger partial charge < -0.3 is 15.4 Å². The van der Waals surface area contributed by atoms with E-state index in [9.17, 15) is 8.78 Å². The number of benzene rings is 1. The summed E-state index contributed by atoms with van der Waals surface area (Å²) < 4.78 is 33.2. The van der Waals surface area contributed by atoms with Gasteiger partial charge in [-0.25, -0.2) is 8.78 Å². The van der Waals surface area contributed by atoms with Crippen molar-refractivity contribution in [3.05, 3.63) is 29.3 Å². The summed E-state index contributed by atoms with van der Waals surface area (Å²) in [4.78, 5) is 1.70. The van der Waals surface area contributed by atoms with Crippen molar-refractivity contribution >= 4 is 5.69 Å². The Kier molecular flexibility index (Phi) is 6.18. The van der Waals surface area contributed by atoms with Gasteiger partial charge >= 0.3 is 0 Å². The van der Waals surface area contributed by atoms with Crippen LogP contribution in [0.15, 0.2) is 12.1 Å². The van der Waals surface area contributed by atoms with Crippen LogP contribution in [-0.2, 0) is 11.3 Å². The monoisotopic (exact) mass is 272 g/mol. The summed E-state index contributed by atoms with van der Waals surface area (Å²) in [5, 5.41) is 0. The quantitative estimate of drug-likeness (QED) is 0.829. The average Bonchev–Trinajstić information content (AvgIpc) is 2.40. The minimum Gasteiger partial charge on any atom is -0.383 e. The molecule has 1 rings (SSSR count). The Morgan fingerprint density at radius 2 is 1.89 bits per heavy atom. The first-order chi connectivity index (χ1) is 9.04. The number of halogens is 2. The van der Waals surface area contributed by atoms with Gasteiger partial charge in [-0.1, -0.05) is 6.92 Å². The molecule has 1 aromatic carbocycles. The van der Waals surface area contributed by atoms with Gasteiger partial charge in [-0.2, -0.15) is 0 Å². The Bertz CT molecular complexity index is 389. The fourth-order valence-electron chi connectivity index (χ4n) is 1.97. The highest BCUT2D eigenvalue weighted by atomic mass is 19.1. The maximum atomic E-state index is 14.1. The van der Waals surface area contributed by atoms with Gasteiger partial charge in [0.25, 0.3) is 0 Å². The minimum atomic E-state index is -0.572. The molecular weight excluding hydrogens is 250 g/mol. The molecule has 0 bridgehead atoms. The normalized spacial score (nSPS) is 12.5. The molecule has 0 spiro atoms. The minimum absolute atomic E-state index is 0.00333. The zero-order chi connectivity index (χ0) is 14.4. The third kappa shape index (κ3) is 3.88. The van der Waals surface area contributed by atoms with Crippen LogP contribution in [0, 0.1) is 11.6 Å². The van der Waals surface area contributed by atoms with Crippen LogP contribution >= 0.6 is 0 Å². The molecule has 0 aliphatic heterocycles. The molecule has 1 unspecified atom stereocenters. The van der Waals surface area contributed by atoms with Crippen molar-refractivity contribution in [3.8, 4) is 0 Å². The van der Waals surface area contributed by atoms with Gasteiger partial charge in [-0.05, 0) is 31.0 Å². The van der Waals surface area contributed by atoms with Crippen LogP contribution in [0.25, 0.3) is 0 Å². The molecule has 0 aliphatic rings. The van der Waals surface area contributed by atoms with Crippen LogP contribution in [0.4, 0.5) is 14.5 Å². The first kappa shape index (κ1) is 15.9. The molecule has 0 fully saturated rings. The highest BCUT2D eigenvalue weighted by Crippen LogP contribution is 2.27. The molecule has 0 heterocycles. The lowest BCUT2D eigenvalue weighted by molar-refractivity contribution is 0.203. The number of nitrogens with two attached hydrogens (primary N) is 1. The van der Waals surface area contributed by atoms with E-state index in [0.717, 1.165) is 6.42 Å². The molecule has 0 radical (unpaired) electrons. The molecule has 0 aromatic heterocycles. The maximum Gasteiger partial charge on any atom is 0.149 e. The largest absolute Gasteiger partial charge is 0.383 e. The summed E-state index contributed by atoms with van der Waals surface area (Å²) in [6.45, 7) is 4.90. The number of methoxy groups -OCH3 is 1. The highest BCUT2D eigenvalue weighted by Gasteiger charge is 2.21. The SMILES string of the molecule is CCC(C)N(CCOC)c1c(F)cc(CN)cc1F. The van der Waals surface area contributed by atoms with Crippen molar-refractivity contribution in [2.75, 3.05) is 25.2 Å². The van der Waals surface area contributed by atoms with Crippen molar-refractivity contribution in [1.82, 2.24) is 0 Å². The number of hydrogen-bond acceptors (Lipinski definition) is 3. The van der Waals surface area contributed by atoms with E-state index >= 15 is 0 Å². The Labute approximate surface area is 113 Å². The molecular formula is C14H22F2N2O. The van der Waals surface area contributed by atoms with Crippen molar-refractivity contribution in [1.29, 1.82) is 0 Å². The summed E-state index contributed by atoms with van der Waals surface area (Å²) in [6, 6.07) is 2.61. The standard InChI is InChI=1S/C14H22F2N2O/c1-4-10(2)18(5-6-19-3)14-12(15)7-11(9-17)8-13(14)16/h7-8,10H,4-6,9,17H2,1-3H3. The molecule has 2 N–H and O–H groups in total. The van der Waals surface area contributed by atoms with Crippen molar-refractivity contribution < 1.29 is 13.5 Å². The Hall–Kier alpha value is -1.20. The van der Waals surface area contributed by atoms with E-state index in [-0.39, 0.29) is 18.3 Å². The van der Waals surface area contributed by atoms with Crippen LogP contribution in [0.3, 0.4) is 0 Å². The predicted molar refractivity (Wildman–Crippen MR) is 73.2 cm³/mol. The van der Waals surface area contributed by atoms with Gasteiger partial charge in [0.05, 0.1) is 6.61 Å². The fourth-order valence-corrected chi connectivity index (χ4v) is 1.97. The van der Waals surface area contributed by atoms with E-state index in [2.05, 4.69) is 0 Å². The van der Waals surface area contributed by atoms with Crippen molar-refractivity contribution in [2.45, 2.75) is 32.9 Å². The van der Waals surface area contributed by atoms with E-state index in [1.54, 1.807) is 12.0 Å². The van der Waals surface area contributed by atoms with Gasteiger partial charge in [0.2, 0.25) is 0 Å². The van der Waals surface area contributed by atoms with Crippen LogP contribution in [0.1, 0.15) is 25.8 Å². The molecule has 19 heavy (non-hydrogen) atoms. The summed E-state index contributed by atoms with van der Waals surface area (Å²) in [7, 11) is 1.57. The first-order valence-electron chi connectivity index (χ1n) is 6.48. The Morgan fingerprint density at radius 3 is 2.32 bits per heavy atom. The highest BCUT2D eigenvalue weighted by molar-refractivity contribution is 5.51. The van der Waals surface area contributed by atoms with E-state index in [0.29, 0.717) is 18.7 Å². The third-order valence-electron chi connectivity index (χ3n) is 3.26.